The third kappa shape index (κ3) is 2.84. The third-order valence-corrected chi connectivity index (χ3v) is 2.78. The number of alkyl halides is 1. The van der Waals surface area contributed by atoms with Crippen LogP contribution in [-0.2, 0) is 0 Å². The van der Waals surface area contributed by atoms with Crippen LogP contribution in [0.25, 0.3) is 0 Å². The van der Waals surface area contributed by atoms with Gasteiger partial charge in [-0.05, 0) is 19.1 Å². The summed E-state index contributed by atoms with van der Waals surface area (Å²) in [6.07, 6.45) is -0.607. The van der Waals surface area contributed by atoms with Crippen molar-refractivity contribution in [1.29, 1.82) is 0 Å². The van der Waals surface area contributed by atoms with Crippen molar-refractivity contribution in [3.63, 3.8) is 0 Å². The molecule has 1 nitrogen and oxygen atoms in total. The maximum atomic E-state index is 9.70. The van der Waals surface area contributed by atoms with E-state index in [0.29, 0.717) is 15.6 Å². The molecule has 0 aliphatic rings. The average Bonchev–Trinajstić information content (AvgIpc) is 2.03. The van der Waals surface area contributed by atoms with Crippen molar-refractivity contribution in [3.8, 4) is 0 Å². The molecule has 0 heterocycles. The molecule has 1 aromatic carbocycles. The van der Waals surface area contributed by atoms with E-state index in [4.69, 9.17) is 23.2 Å². The number of aliphatic hydroxyl groups excluding tert-OH is 1. The average molecular weight is 284 g/mol. The Hall–Kier alpha value is 0.240. The first kappa shape index (κ1) is 11.3. The van der Waals surface area contributed by atoms with E-state index < -0.39 is 6.10 Å². The molecule has 1 aromatic rings. The summed E-state index contributed by atoms with van der Waals surface area (Å²) in [5.41, 5.74) is 0.690. The third-order valence-electron chi connectivity index (χ3n) is 1.72. The Morgan fingerprint density at radius 3 is 2.46 bits per heavy atom. The lowest BCUT2D eigenvalue weighted by Gasteiger charge is -2.14. The van der Waals surface area contributed by atoms with Crippen LogP contribution in [0.5, 0.6) is 0 Å². The highest BCUT2D eigenvalue weighted by Gasteiger charge is 2.16. The zero-order valence-electron chi connectivity index (χ0n) is 6.97. The van der Waals surface area contributed by atoms with Crippen LogP contribution in [0.4, 0.5) is 0 Å². The Bertz CT molecular complexity index is 302. The number of halogens is 3. The molecule has 0 amide bonds. The standard InChI is InChI=1S/C9H9BrCl2O/c1-5(10)9(13)7-3-2-6(11)4-8(7)12/h2-5,9,13H,1H3. The van der Waals surface area contributed by atoms with Crippen molar-refractivity contribution < 1.29 is 5.11 Å². The van der Waals surface area contributed by atoms with E-state index in [0.717, 1.165) is 0 Å². The second kappa shape index (κ2) is 4.65. The van der Waals surface area contributed by atoms with Gasteiger partial charge in [0.2, 0.25) is 0 Å². The molecule has 0 aliphatic heterocycles. The van der Waals surface area contributed by atoms with E-state index in [1.54, 1.807) is 18.2 Å². The molecule has 0 fully saturated rings. The van der Waals surface area contributed by atoms with Gasteiger partial charge in [0, 0.05) is 20.4 Å². The van der Waals surface area contributed by atoms with Gasteiger partial charge >= 0.3 is 0 Å². The molecule has 2 atom stereocenters. The molecule has 0 spiro atoms. The van der Waals surface area contributed by atoms with Gasteiger partial charge in [-0.3, -0.25) is 0 Å². The first-order valence-electron chi connectivity index (χ1n) is 3.79. The van der Waals surface area contributed by atoms with Gasteiger partial charge in [-0.2, -0.15) is 0 Å². The predicted octanol–water partition coefficient (Wildman–Crippen LogP) is 3.81. The van der Waals surface area contributed by atoms with Crippen LogP contribution >= 0.6 is 39.1 Å². The van der Waals surface area contributed by atoms with E-state index in [-0.39, 0.29) is 4.83 Å². The van der Waals surface area contributed by atoms with E-state index in [1.165, 1.54) is 0 Å². The molecule has 0 bridgehead atoms. The van der Waals surface area contributed by atoms with Crippen molar-refractivity contribution in [1.82, 2.24) is 0 Å². The summed E-state index contributed by atoms with van der Waals surface area (Å²) in [4.78, 5) is -0.0359. The largest absolute Gasteiger partial charge is 0.387 e. The van der Waals surface area contributed by atoms with Crippen molar-refractivity contribution in [2.75, 3.05) is 0 Å². The summed E-state index contributed by atoms with van der Waals surface area (Å²) in [6.45, 7) is 1.86. The first-order chi connectivity index (χ1) is 6.02. The zero-order valence-corrected chi connectivity index (χ0v) is 10.1. The Morgan fingerprint density at radius 1 is 1.38 bits per heavy atom. The van der Waals surface area contributed by atoms with Gasteiger partial charge < -0.3 is 5.11 Å². The smallest absolute Gasteiger partial charge is 0.0926 e. The van der Waals surface area contributed by atoms with Crippen LogP contribution in [0.3, 0.4) is 0 Å². The predicted molar refractivity (Wildman–Crippen MR) is 59.8 cm³/mol. The van der Waals surface area contributed by atoms with Gasteiger partial charge in [0.15, 0.2) is 0 Å². The summed E-state index contributed by atoms with van der Waals surface area (Å²) < 4.78 is 0. The molecule has 13 heavy (non-hydrogen) atoms. The molecule has 0 aliphatic carbocycles. The Kier molecular flexibility index (Phi) is 4.05. The fraction of sp³-hybridized carbons (Fsp3) is 0.333. The van der Waals surface area contributed by atoms with Gasteiger partial charge in [-0.1, -0.05) is 45.2 Å². The van der Waals surface area contributed by atoms with Crippen molar-refractivity contribution >= 4 is 39.1 Å². The molecule has 4 heteroatoms. The van der Waals surface area contributed by atoms with Gasteiger partial charge in [-0.25, -0.2) is 0 Å². The molecule has 0 saturated heterocycles. The van der Waals surface area contributed by atoms with Crippen LogP contribution in [0, 0.1) is 0 Å². The number of hydrogen-bond acceptors (Lipinski definition) is 1. The van der Waals surface area contributed by atoms with E-state index in [1.807, 2.05) is 6.92 Å². The quantitative estimate of drug-likeness (QED) is 0.819. The Labute approximate surface area is 95.8 Å². The molecule has 72 valence electrons. The zero-order chi connectivity index (χ0) is 10.0. The van der Waals surface area contributed by atoms with Crippen LogP contribution in [0.15, 0.2) is 18.2 Å². The maximum absolute atomic E-state index is 9.70. The molecule has 0 radical (unpaired) electrons. The van der Waals surface area contributed by atoms with Crippen LogP contribution < -0.4 is 0 Å². The highest BCUT2D eigenvalue weighted by molar-refractivity contribution is 9.09. The highest BCUT2D eigenvalue weighted by atomic mass is 79.9. The minimum absolute atomic E-state index is 0.0359. The molecular weight excluding hydrogens is 275 g/mol. The Morgan fingerprint density at radius 2 is 2.00 bits per heavy atom. The summed E-state index contributed by atoms with van der Waals surface area (Å²) in [5, 5.41) is 10.8. The van der Waals surface area contributed by atoms with Crippen LogP contribution in [0.2, 0.25) is 10.0 Å². The molecular formula is C9H9BrCl2O. The van der Waals surface area contributed by atoms with E-state index >= 15 is 0 Å². The van der Waals surface area contributed by atoms with Crippen molar-refractivity contribution in [2.24, 2.45) is 0 Å². The molecule has 0 saturated carbocycles. The van der Waals surface area contributed by atoms with Gasteiger partial charge in [0.05, 0.1) is 6.10 Å². The number of benzene rings is 1. The second-order valence-electron chi connectivity index (χ2n) is 2.79. The molecule has 1 rings (SSSR count). The lowest BCUT2D eigenvalue weighted by molar-refractivity contribution is 0.181. The van der Waals surface area contributed by atoms with Gasteiger partial charge in [0.1, 0.15) is 0 Å². The molecule has 0 aromatic heterocycles. The Balaban J connectivity index is 3.01. The van der Waals surface area contributed by atoms with Crippen LogP contribution in [0.1, 0.15) is 18.6 Å². The molecule has 2 unspecified atom stereocenters. The lowest BCUT2D eigenvalue weighted by atomic mass is 10.1. The normalized spacial score (nSPS) is 15.5. The first-order valence-corrected chi connectivity index (χ1v) is 5.46. The highest BCUT2D eigenvalue weighted by Crippen LogP contribution is 2.30. The minimum atomic E-state index is -0.607. The summed E-state index contributed by atoms with van der Waals surface area (Å²) in [5.74, 6) is 0. The van der Waals surface area contributed by atoms with E-state index in [9.17, 15) is 5.11 Å². The van der Waals surface area contributed by atoms with Crippen molar-refractivity contribution in [2.45, 2.75) is 17.9 Å². The fourth-order valence-corrected chi connectivity index (χ4v) is 1.79. The van der Waals surface area contributed by atoms with Gasteiger partial charge in [-0.15, -0.1) is 0 Å². The topological polar surface area (TPSA) is 20.2 Å². The number of aliphatic hydroxyl groups is 1. The van der Waals surface area contributed by atoms with Crippen LogP contribution in [-0.4, -0.2) is 9.93 Å². The fourth-order valence-electron chi connectivity index (χ4n) is 0.989. The minimum Gasteiger partial charge on any atom is -0.387 e. The SMILES string of the molecule is CC(Br)C(O)c1ccc(Cl)cc1Cl. The van der Waals surface area contributed by atoms with Gasteiger partial charge in [0.25, 0.3) is 0 Å². The van der Waals surface area contributed by atoms with E-state index in [2.05, 4.69) is 15.9 Å². The summed E-state index contributed by atoms with van der Waals surface area (Å²) in [7, 11) is 0. The number of hydrogen-bond donors (Lipinski definition) is 1. The number of rotatable bonds is 2. The summed E-state index contributed by atoms with van der Waals surface area (Å²) in [6, 6.07) is 5.06. The maximum Gasteiger partial charge on any atom is 0.0926 e. The summed E-state index contributed by atoms with van der Waals surface area (Å²) >= 11 is 14.9. The van der Waals surface area contributed by atoms with Crippen molar-refractivity contribution in [3.05, 3.63) is 33.8 Å². The lowest BCUT2D eigenvalue weighted by Crippen LogP contribution is -2.08. The molecule has 1 N–H and O–H groups in total. The monoisotopic (exact) mass is 282 g/mol. The second-order valence-corrected chi connectivity index (χ2v) is 5.08.